The van der Waals surface area contributed by atoms with Crippen LogP contribution in [0, 0.1) is 6.92 Å². The van der Waals surface area contributed by atoms with Crippen LogP contribution in [0.15, 0.2) is 6.20 Å². The molecule has 15 heavy (non-hydrogen) atoms. The molecule has 1 rings (SSSR count). The average molecular weight is 211 g/mol. The van der Waals surface area contributed by atoms with Gasteiger partial charge in [0.05, 0.1) is 12.3 Å². The average Bonchev–Trinajstić information content (AvgIpc) is 2.44. The molecule has 0 aliphatic carbocycles. The number of hydrogen-bond donors (Lipinski definition) is 1. The number of aryl methyl sites for hydroxylation is 1. The largest absolute Gasteiger partial charge is 0.447 e. The van der Waals surface area contributed by atoms with Gasteiger partial charge in [-0.1, -0.05) is 0 Å². The number of nitrogens with one attached hydrogen (secondary N) is 1. The number of rotatable bonds is 3. The molecule has 1 aromatic rings. The highest BCUT2D eigenvalue weighted by Gasteiger charge is 2.07. The number of aromatic nitrogens is 2. The minimum absolute atomic E-state index is 0.0972. The summed E-state index contributed by atoms with van der Waals surface area (Å²) in [5.41, 5.74) is 2.04. The molecule has 5 nitrogen and oxygen atoms in total. The van der Waals surface area contributed by atoms with Gasteiger partial charge in [-0.25, -0.2) is 4.79 Å². The van der Waals surface area contributed by atoms with E-state index in [-0.39, 0.29) is 6.10 Å². The Morgan fingerprint density at radius 2 is 2.33 bits per heavy atom. The van der Waals surface area contributed by atoms with E-state index in [0.717, 1.165) is 11.3 Å². The SMILES string of the molecule is Cc1c(CNC(=O)OC(C)C)cnn1C. The summed E-state index contributed by atoms with van der Waals surface area (Å²) >= 11 is 0. The molecule has 84 valence electrons. The van der Waals surface area contributed by atoms with Crippen molar-refractivity contribution < 1.29 is 9.53 Å². The minimum Gasteiger partial charge on any atom is -0.447 e. The summed E-state index contributed by atoms with van der Waals surface area (Å²) in [6.45, 7) is 6.03. The summed E-state index contributed by atoms with van der Waals surface area (Å²) < 4.78 is 6.71. The predicted molar refractivity (Wildman–Crippen MR) is 56.4 cm³/mol. The number of alkyl carbamates (subject to hydrolysis) is 1. The normalized spacial score (nSPS) is 10.5. The first kappa shape index (κ1) is 11.6. The lowest BCUT2D eigenvalue weighted by Gasteiger charge is -2.09. The smallest absolute Gasteiger partial charge is 0.407 e. The summed E-state index contributed by atoms with van der Waals surface area (Å²) in [4.78, 5) is 11.2. The number of hydrogen-bond acceptors (Lipinski definition) is 3. The van der Waals surface area contributed by atoms with Gasteiger partial charge >= 0.3 is 6.09 Å². The summed E-state index contributed by atoms with van der Waals surface area (Å²) in [5, 5.41) is 6.75. The number of ether oxygens (including phenoxy) is 1. The Hall–Kier alpha value is -1.52. The molecule has 0 unspecified atom stereocenters. The summed E-state index contributed by atoms with van der Waals surface area (Å²) in [6.07, 6.45) is 1.25. The second-order valence-electron chi connectivity index (χ2n) is 3.69. The van der Waals surface area contributed by atoms with Crippen LogP contribution >= 0.6 is 0 Å². The molecule has 1 heterocycles. The third kappa shape index (κ3) is 3.27. The first-order valence-corrected chi connectivity index (χ1v) is 4.92. The van der Waals surface area contributed by atoms with E-state index in [1.54, 1.807) is 10.9 Å². The Morgan fingerprint density at radius 1 is 1.67 bits per heavy atom. The van der Waals surface area contributed by atoms with Crippen LogP contribution in [0.1, 0.15) is 25.1 Å². The fourth-order valence-corrected chi connectivity index (χ4v) is 1.14. The van der Waals surface area contributed by atoms with Gasteiger partial charge in [-0.05, 0) is 20.8 Å². The summed E-state index contributed by atoms with van der Waals surface area (Å²) in [6, 6.07) is 0. The van der Waals surface area contributed by atoms with Gasteiger partial charge in [-0.15, -0.1) is 0 Å². The first-order valence-electron chi connectivity index (χ1n) is 4.92. The minimum atomic E-state index is -0.395. The van der Waals surface area contributed by atoms with E-state index < -0.39 is 6.09 Å². The molecule has 1 amide bonds. The van der Waals surface area contributed by atoms with Crippen LogP contribution in [0.5, 0.6) is 0 Å². The number of carbonyl (C=O) groups is 1. The van der Waals surface area contributed by atoms with Crippen molar-refractivity contribution in [2.75, 3.05) is 0 Å². The van der Waals surface area contributed by atoms with Gasteiger partial charge in [0.1, 0.15) is 0 Å². The maximum Gasteiger partial charge on any atom is 0.407 e. The third-order valence-corrected chi connectivity index (χ3v) is 2.10. The second-order valence-corrected chi connectivity index (χ2v) is 3.69. The van der Waals surface area contributed by atoms with Gasteiger partial charge in [0.2, 0.25) is 0 Å². The Morgan fingerprint density at radius 3 is 2.80 bits per heavy atom. The van der Waals surface area contributed by atoms with Gasteiger partial charge < -0.3 is 10.1 Å². The summed E-state index contributed by atoms with van der Waals surface area (Å²) in [5.74, 6) is 0. The molecule has 1 aromatic heterocycles. The zero-order chi connectivity index (χ0) is 11.4. The fourth-order valence-electron chi connectivity index (χ4n) is 1.14. The lowest BCUT2D eigenvalue weighted by atomic mass is 10.2. The molecule has 0 fully saturated rings. The van der Waals surface area contributed by atoms with Crippen molar-refractivity contribution in [3.05, 3.63) is 17.5 Å². The summed E-state index contributed by atoms with van der Waals surface area (Å²) in [7, 11) is 1.87. The molecule has 0 bridgehead atoms. The van der Waals surface area contributed by atoms with E-state index >= 15 is 0 Å². The van der Waals surface area contributed by atoms with E-state index in [2.05, 4.69) is 10.4 Å². The van der Waals surface area contributed by atoms with Gasteiger partial charge in [0.15, 0.2) is 0 Å². The van der Waals surface area contributed by atoms with Crippen LogP contribution in [-0.4, -0.2) is 22.0 Å². The highest BCUT2D eigenvalue weighted by molar-refractivity contribution is 5.67. The van der Waals surface area contributed by atoms with Gasteiger partial charge in [-0.2, -0.15) is 5.10 Å². The zero-order valence-corrected chi connectivity index (χ0v) is 9.57. The van der Waals surface area contributed by atoms with Crippen LogP contribution in [-0.2, 0) is 18.3 Å². The molecule has 0 aromatic carbocycles. The highest BCUT2D eigenvalue weighted by atomic mass is 16.6. The maximum absolute atomic E-state index is 11.2. The van der Waals surface area contributed by atoms with Crippen LogP contribution in [0.25, 0.3) is 0 Å². The molecule has 0 aliphatic rings. The van der Waals surface area contributed by atoms with Gasteiger partial charge in [0.25, 0.3) is 0 Å². The Bertz CT molecular complexity index is 344. The predicted octanol–water partition coefficient (Wildman–Crippen LogP) is 1.36. The molecule has 0 atom stereocenters. The van der Waals surface area contributed by atoms with E-state index in [4.69, 9.17) is 4.74 Å². The van der Waals surface area contributed by atoms with Crippen LogP contribution in [0.4, 0.5) is 4.79 Å². The van der Waals surface area contributed by atoms with Gasteiger partial charge in [-0.3, -0.25) is 4.68 Å². The van der Waals surface area contributed by atoms with Gasteiger partial charge in [0, 0.05) is 24.8 Å². The Balaban J connectivity index is 2.44. The molecule has 5 heteroatoms. The van der Waals surface area contributed by atoms with E-state index in [1.165, 1.54) is 0 Å². The molecule has 0 spiro atoms. The lowest BCUT2D eigenvalue weighted by molar-refractivity contribution is 0.115. The standard InChI is InChI=1S/C10H17N3O2/c1-7(2)15-10(14)11-5-9-6-12-13(4)8(9)3/h6-7H,5H2,1-4H3,(H,11,14). The molecule has 0 aliphatic heterocycles. The quantitative estimate of drug-likeness (QED) is 0.821. The highest BCUT2D eigenvalue weighted by Crippen LogP contribution is 2.04. The molecule has 0 radical (unpaired) electrons. The fraction of sp³-hybridized carbons (Fsp3) is 0.600. The third-order valence-electron chi connectivity index (χ3n) is 2.10. The number of nitrogens with zero attached hydrogens (tertiary/aromatic N) is 2. The molecular weight excluding hydrogens is 194 g/mol. The van der Waals surface area contributed by atoms with Crippen molar-refractivity contribution in [3.63, 3.8) is 0 Å². The lowest BCUT2D eigenvalue weighted by Crippen LogP contribution is -2.26. The van der Waals surface area contributed by atoms with Crippen LogP contribution in [0.3, 0.4) is 0 Å². The van der Waals surface area contributed by atoms with Crippen molar-refractivity contribution in [2.45, 2.75) is 33.4 Å². The van der Waals surface area contributed by atoms with Crippen molar-refractivity contribution in [2.24, 2.45) is 7.05 Å². The molecule has 1 N–H and O–H groups in total. The van der Waals surface area contributed by atoms with Crippen LogP contribution < -0.4 is 5.32 Å². The van der Waals surface area contributed by atoms with Crippen molar-refractivity contribution in [1.82, 2.24) is 15.1 Å². The van der Waals surface area contributed by atoms with Crippen molar-refractivity contribution >= 4 is 6.09 Å². The first-order chi connectivity index (χ1) is 7.00. The molecule has 0 saturated heterocycles. The molecular formula is C10H17N3O2. The second kappa shape index (κ2) is 4.82. The number of carbonyl (C=O) groups excluding carboxylic acids is 1. The molecule has 0 saturated carbocycles. The van der Waals surface area contributed by atoms with Crippen molar-refractivity contribution in [3.8, 4) is 0 Å². The Labute approximate surface area is 89.4 Å². The van der Waals surface area contributed by atoms with Crippen molar-refractivity contribution in [1.29, 1.82) is 0 Å². The van der Waals surface area contributed by atoms with E-state index in [0.29, 0.717) is 6.54 Å². The Kier molecular flexibility index (Phi) is 3.71. The topological polar surface area (TPSA) is 56.1 Å². The van der Waals surface area contributed by atoms with E-state index in [1.807, 2.05) is 27.8 Å². The zero-order valence-electron chi connectivity index (χ0n) is 9.57. The number of amides is 1. The van der Waals surface area contributed by atoms with Crippen LogP contribution in [0.2, 0.25) is 0 Å². The maximum atomic E-state index is 11.2. The monoisotopic (exact) mass is 211 g/mol. The van der Waals surface area contributed by atoms with E-state index in [9.17, 15) is 4.79 Å².